The van der Waals surface area contributed by atoms with E-state index >= 15 is 0 Å². The molecule has 0 fully saturated rings. The zero-order chi connectivity index (χ0) is 12.7. The van der Waals surface area contributed by atoms with Crippen LogP contribution in [0.1, 0.15) is 4.88 Å². The van der Waals surface area contributed by atoms with Crippen molar-refractivity contribution in [3.05, 3.63) is 44.4 Å². The molecule has 0 saturated carbocycles. The predicted octanol–water partition coefficient (Wildman–Crippen LogP) is 2.63. The molecule has 0 aliphatic heterocycles. The number of nitrogens with zero attached hydrogens (tertiary/aromatic N) is 1. The third kappa shape index (κ3) is 1.54. The highest BCUT2D eigenvalue weighted by Crippen LogP contribution is 2.30. The normalized spacial score (nSPS) is 11.2. The maximum Gasteiger partial charge on any atom is 0.266 e. The number of H-pyrrole nitrogens is 1. The highest BCUT2D eigenvalue weighted by molar-refractivity contribution is 7.19. The minimum atomic E-state index is -0.186. The van der Waals surface area contributed by atoms with Crippen molar-refractivity contribution in [2.45, 2.75) is 6.61 Å². The second-order valence-corrected chi connectivity index (χ2v) is 5.03. The van der Waals surface area contributed by atoms with Gasteiger partial charge in [-0.2, -0.15) is 0 Å². The van der Waals surface area contributed by atoms with E-state index in [-0.39, 0.29) is 12.2 Å². The molecule has 0 atom stereocenters. The summed E-state index contributed by atoms with van der Waals surface area (Å²) < 4.78 is 0.551. The smallest absolute Gasteiger partial charge is 0.266 e. The molecule has 2 N–H and O–H groups in total. The standard InChI is InChI=1S/C12H8N2O3S/c15-5-7-4-9-8-3-6(14-17)1-2-10(8)13-12(16)11(9)18-7/h1-4,15H,5H2,(H,13,16). The lowest BCUT2D eigenvalue weighted by molar-refractivity contribution is 0.285. The molecule has 2 heterocycles. The number of pyridine rings is 1. The summed E-state index contributed by atoms with van der Waals surface area (Å²) >= 11 is 1.25. The average Bonchev–Trinajstić information content (AvgIpc) is 2.83. The van der Waals surface area contributed by atoms with Crippen LogP contribution < -0.4 is 5.56 Å². The molecule has 0 bridgehead atoms. The van der Waals surface area contributed by atoms with Gasteiger partial charge in [-0.05, 0) is 29.4 Å². The van der Waals surface area contributed by atoms with Crippen LogP contribution >= 0.6 is 11.3 Å². The summed E-state index contributed by atoms with van der Waals surface area (Å²) in [4.78, 5) is 25.9. The molecule has 3 rings (SSSR count). The lowest BCUT2D eigenvalue weighted by Crippen LogP contribution is -2.03. The van der Waals surface area contributed by atoms with Gasteiger partial charge in [0.2, 0.25) is 0 Å². The molecule has 0 spiro atoms. The molecule has 90 valence electrons. The minimum absolute atomic E-state index is 0.105. The quantitative estimate of drug-likeness (QED) is 0.695. The first-order valence-corrected chi connectivity index (χ1v) is 6.07. The Morgan fingerprint density at radius 2 is 2.11 bits per heavy atom. The number of fused-ring (bicyclic) bond motifs is 3. The van der Waals surface area contributed by atoms with Crippen LogP contribution in [-0.4, -0.2) is 10.1 Å². The molecule has 0 amide bonds. The second-order valence-electron chi connectivity index (χ2n) is 3.89. The fraction of sp³-hybridized carbons (Fsp3) is 0.0833. The van der Waals surface area contributed by atoms with Crippen LogP contribution in [0.5, 0.6) is 0 Å². The van der Waals surface area contributed by atoms with Gasteiger partial charge in [0, 0.05) is 21.2 Å². The molecule has 5 nitrogen and oxygen atoms in total. The summed E-state index contributed by atoms with van der Waals surface area (Å²) in [6.45, 7) is -0.105. The van der Waals surface area contributed by atoms with Crippen LogP contribution in [0.2, 0.25) is 0 Å². The van der Waals surface area contributed by atoms with Crippen molar-refractivity contribution in [2.24, 2.45) is 5.18 Å². The molecule has 1 aromatic carbocycles. The fourth-order valence-electron chi connectivity index (χ4n) is 1.99. The van der Waals surface area contributed by atoms with Crippen molar-refractivity contribution in [1.82, 2.24) is 4.98 Å². The van der Waals surface area contributed by atoms with Gasteiger partial charge in [-0.3, -0.25) is 4.79 Å². The molecule has 0 aliphatic carbocycles. The Labute approximate surface area is 105 Å². The van der Waals surface area contributed by atoms with Gasteiger partial charge in [0.1, 0.15) is 10.4 Å². The number of rotatable bonds is 2. The molecule has 0 aliphatic rings. The lowest BCUT2D eigenvalue weighted by Gasteiger charge is -1.99. The summed E-state index contributed by atoms with van der Waals surface area (Å²) in [7, 11) is 0. The van der Waals surface area contributed by atoms with Crippen molar-refractivity contribution in [3.8, 4) is 0 Å². The largest absolute Gasteiger partial charge is 0.391 e. The Morgan fingerprint density at radius 3 is 2.83 bits per heavy atom. The Bertz CT molecular complexity index is 819. The van der Waals surface area contributed by atoms with Crippen molar-refractivity contribution in [3.63, 3.8) is 0 Å². The summed E-state index contributed by atoms with van der Waals surface area (Å²) in [6, 6.07) is 6.61. The third-order valence-electron chi connectivity index (χ3n) is 2.79. The molecule has 6 heteroatoms. The van der Waals surface area contributed by atoms with Crippen LogP contribution in [0.25, 0.3) is 21.0 Å². The fourth-order valence-corrected chi connectivity index (χ4v) is 2.91. The zero-order valence-electron chi connectivity index (χ0n) is 9.14. The van der Waals surface area contributed by atoms with Crippen LogP contribution in [-0.2, 0) is 6.61 Å². The van der Waals surface area contributed by atoms with E-state index in [1.807, 2.05) is 0 Å². The molecule has 0 saturated heterocycles. The minimum Gasteiger partial charge on any atom is -0.391 e. The average molecular weight is 260 g/mol. The first-order valence-electron chi connectivity index (χ1n) is 5.25. The summed E-state index contributed by atoms with van der Waals surface area (Å²) in [6.07, 6.45) is 0. The Balaban J connectivity index is 2.52. The number of thiophene rings is 1. The van der Waals surface area contributed by atoms with Gasteiger partial charge >= 0.3 is 0 Å². The van der Waals surface area contributed by atoms with E-state index in [4.69, 9.17) is 5.11 Å². The van der Waals surface area contributed by atoms with Gasteiger partial charge in [0.25, 0.3) is 5.56 Å². The van der Waals surface area contributed by atoms with Crippen molar-refractivity contribution in [2.75, 3.05) is 0 Å². The van der Waals surface area contributed by atoms with Crippen LogP contribution in [0, 0.1) is 4.91 Å². The molecular weight excluding hydrogens is 252 g/mol. The van der Waals surface area contributed by atoms with Gasteiger partial charge in [0.05, 0.1) is 6.61 Å². The van der Waals surface area contributed by atoms with Crippen LogP contribution in [0.3, 0.4) is 0 Å². The number of aromatic amines is 1. The van der Waals surface area contributed by atoms with E-state index in [1.165, 1.54) is 11.3 Å². The maximum absolute atomic E-state index is 11.9. The number of hydrogen-bond acceptors (Lipinski definition) is 5. The predicted molar refractivity (Wildman–Crippen MR) is 71.3 cm³/mol. The van der Waals surface area contributed by atoms with E-state index < -0.39 is 0 Å². The summed E-state index contributed by atoms with van der Waals surface area (Å²) in [5.74, 6) is 0. The molecule has 18 heavy (non-hydrogen) atoms. The van der Waals surface area contributed by atoms with Gasteiger partial charge in [-0.1, -0.05) is 0 Å². The molecular formula is C12H8N2O3S. The van der Waals surface area contributed by atoms with Gasteiger partial charge in [-0.25, -0.2) is 0 Å². The van der Waals surface area contributed by atoms with E-state index in [0.717, 1.165) is 10.8 Å². The Morgan fingerprint density at radius 1 is 1.28 bits per heavy atom. The van der Waals surface area contributed by atoms with E-state index in [1.54, 1.807) is 24.3 Å². The highest BCUT2D eigenvalue weighted by atomic mass is 32.1. The van der Waals surface area contributed by atoms with E-state index in [0.29, 0.717) is 20.8 Å². The maximum atomic E-state index is 11.9. The molecule has 3 aromatic rings. The number of aliphatic hydroxyl groups excluding tert-OH is 1. The topological polar surface area (TPSA) is 82.5 Å². The monoisotopic (exact) mass is 260 g/mol. The van der Waals surface area contributed by atoms with Crippen LogP contribution in [0.15, 0.2) is 34.2 Å². The van der Waals surface area contributed by atoms with E-state index in [2.05, 4.69) is 10.2 Å². The van der Waals surface area contributed by atoms with Gasteiger partial charge in [-0.15, -0.1) is 16.2 Å². The Kier molecular flexibility index (Phi) is 2.46. The van der Waals surface area contributed by atoms with Crippen molar-refractivity contribution < 1.29 is 5.11 Å². The SMILES string of the molecule is O=Nc1ccc2[nH]c(=O)c3sc(CO)cc3c2c1. The van der Waals surface area contributed by atoms with Gasteiger partial charge < -0.3 is 10.1 Å². The zero-order valence-corrected chi connectivity index (χ0v) is 9.95. The van der Waals surface area contributed by atoms with Crippen molar-refractivity contribution in [1.29, 1.82) is 0 Å². The van der Waals surface area contributed by atoms with Crippen molar-refractivity contribution >= 4 is 38.0 Å². The first-order chi connectivity index (χ1) is 8.72. The number of aromatic nitrogens is 1. The number of nitrogens with one attached hydrogen (secondary N) is 1. The molecule has 0 unspecified atom stereocenters. The second kappa shape index (κ2) is 4.01. The number of benzene rings is 1. The number of hydrogen-bond donors (Lipinski definition) is 2. The number of nitroso groups, excluding NO2 is 1. The first kappa shape index (κ1) is 11.1. The van der Waals surface area contributed by atoms with E-state index in [9.17, 15) is 9.70 Å². The lowest BCUT2D eigenvalue weighted by atomic mass is 10.1. The summed E-state index contributed by atoms with van der Waals surface area (Å²) in [5, 5.41) is 13.5. The third-order valence-corrected chi connectivity index (χ3v) is 3.91. The molecule has 0 radical (unpaired) electrons. The summed E-state index contributed by atoms with van der Waals surface area (Å²) in [5.41, 5.74) is 0.781. The highest BCUT2D eigenvalue weighted by Gasteiger charge is 2.10. The van der Waals surface area contributed by atoms with Gasteiger partial charge in [0.15, 0.2) is 0 Å². The van der Waals surface area contributed by atoms with Crippen LogP contribution in [0.4, 0.5) is 5.69 Å². The Hall–Kier alpha value is -2.05. The number of aliphatic hydroxyl groups is 1. The molecule has 2 aromatic heterocycles.